The van der Waals surface area contributed by atoms with E-state index in [1.807, 2.05) is 0 Å². The van der Waals surface area contributed by atoms with E-state index in [-0.39, 0.29) is 22.7 Å². The van der Waals surface area contributed by atoms with E-state index in [0.717, 1.165) is 19.1 Å². The van der Waals surface area contributed by atoms with Gasteiger partial charge in [-0.05, 0) is 19.1 Å². The molecular weight excluding hydrogens is 291 g/mol. The maximum absolute atomic E-state index is 12.9. The molecule has 2 N–H and O–H groups in total. The van der Waals surface area contributed by atoms with Crippen LogP contribution in [0.1, 0.15) is 12.5 Å². The normalized spacial score (nSPS) is 21.7. The molecule has 0 aliphatic carbocycles. The van der Waals surface area contributed by atoms with E-state index in [2.05, 4.69) is 10.9 Å². The number of nitro benzene ring substituents is 1. The number of nitrogens with one attached hydrogen (secondary N) is 2. The van der Waals surface area contributed by atoms with Crippen LogP contribution >= 0.6 is 0 Å². The molecule has 21 heavy (non-hydrogen) atoms. The van der Waals surface area contributed by atoms with Crippen LogP contribution in [0.5, 0.6) is 5.75 Å². The molecule has 0 saturated heterocycles. The van der Waals surface area contributed by atoms with Crippen molar-refractivity contribution in [3.05, 3.63) is 40.0 Å². The SMILES string of the molecule is COc1ccc([N+](=O)[O-])cc1C1=CC(C)(C(F)(F)F)NN1. The quantitative estimate of drug-likeness (QED) is 0.662. The van der Waals surface area contributed by atoms with Crippen molar-refractivity contribution in [3.63, 3.8) is 0 Å². The minimum absolute atomic E-state index is 0.0652. The molecule has 9 heteroatoms. The van der Waals surface area contributed by atoms with Crippen molar-refractivity contribution in [2.45, 2.75) is 18.6 Å². The smallest absolute Gasteiger partial charge is 0.411 e. The largest absolute Gasteiger partial charge is 0.496 e. The molecule has 1 atom stereocenters. The summed E-state index contributed by atoms with van der Waals surface area (Å²) in [7, 11) is 1.33. The van der Waals surface area contributed by atoms with Gasteiger partial charge in [-0.25, -0.2) is 5.43 Å². The summed E-state index contributed by atoms with van der Waals surface area (Å²) in [5.41, 5.74) is 2.26. The van der Waals surface area contributed by atoms with E-state index in [4.69, 9.17) is 4.74 Å². The van der Waals surface area contributed by atoms with Crippen LogP contribution < -0.4 is 15.6 Å². The number of hydrazine groups is 1. The third kappa shape index (κ3) is 2.64. The van der Waals surface area contributed by atoms with Crippen molar-refractivity contribution in [1.29, 1.82) is 0 Å². The van der Waals surface area contributed by atoms with E-state index in [0.29, 0.717) is 0 Å². The summed E-state index contributed by atoms with van der Waals surface area (Å²) in [6.07, 6.45) is -3.59. The van der Waals surface area contributed by atoms with Gasteiger partial charge in [0.15, 0.2) is 0 Å². The lowest BCUT2D eigenvalue weighted by Crippen LogP contribution is -2.53. The molecule has 0 amide bonds. The predicted octanol–water partition coefficient (Wildman–Crippen LogP) is 2.37. The monoisotopic (exact) mass is 303 g/mol. The highest BCUT2D eigenvalue weighted by atomic mass is 19.4. The fourth-order valence-corrected chi connectivity index (χ4v) is 1.88. The Labute approximate surface area is 117 Å². The van der Waals surface area contributed by atoms with Gasteiger partial charge in [0.1, 0.15) is 11.3 Å². The van der Waals surface area contributed by atoms with Crippen LogP contribution in [0.25, 0.3) is 5.70 Å². The highest BCUT2D eigenvalue weighted by Gasteiger charge is 2.52. The number of non-ortho nitro benzene ring substituents is 1. The summed E-state index contributed by atoms with van der Waals surface area (Å²) in [4.78, 5) is 10.2. The number of nitrogens with zero attached hydrogens (tertiary/aromatic N) is 1. The predicted molar refractivity (Wildman–Crippen MR) is 68.4 cm³/mol. The fraction of sp³-hybridized carbons (Fsp3) is 0.333. The van der Waals surface area contributed by atoms with Crippen LogP contribution in [-0.2, 0) is 0 Å². The zero-order chi connectivity index (χ0) is 15.8. The molecule has 1 aromatic rings. The van der Waals surface area contributed by atoms with E-state index in [9.17, 15) is 23.3 Å². The zero-order valence-electron chi connectivity index (χ0n) is 11.1. The van der Waals surface area contributed by atoms with Crippen molar-refractivity contribution in [2.24, 2.45) is 0 Å². The maximum atomic E-state index is 12.9. The average Bonchev–Trinajstić information content (AvgIpc) is 2.81. The van der Waals surface area contributed by atoms with E-state index >= 15 is 0 Å². The van der Waals surface area contributed by atoms with Gasteiger partial charge in [0, 0.05) is 17.7 Å². The van der Waals surface area contributed by atoms with Gasteiger partial charge < -0.3 is 10.2 Å². The number of hydrogen-bond donors (Lipinski definition) is 2. The number of alkyl halides is 3. The summed E-state index contributed by atoms with van der Waals surface area (Å²) in [5, 5.41) is 10.8. The van der Waals surface area contributed by atoms with Gasteiger partial charge in [-0.3, -0.25) is 10.1 Å². The van der Waals surface area contributed by atoms with Crippen LogP contribution in [-0.4, -0.2) is 23.7 Å². The lowest BCUT2D eigenvalue weighted by atomic mass is 10.0. The first kappa shape index (κ1) is 15.1. The molecular formula is C12H12F3N3O3. The van der Waals surface area contributed by atoms with Crippen molar-refractivity contribution in [1.82, 2.24) is 10.9 Å². The second-order valence-corrected chi connectivity index (χ2v) is 4.65. The topological polar surface area (TPSA) is 76.4 Å². The van der Waals surface area contributed by atoms with Crippen LogP contribution in [0.15, 0.2) is 24.3 Å². The minimum Gasteiger partial charge on any atom is -0.496 e. The number of methoxy groups -OCH3 is 1. The van der Waals surface area contributed by atoms with Crippen molar-refractivity contribution < 1.29 is 22.8 Å². The minimum atomic E-state index is -4.52. The molecule has 6 nitrogen and oxygen atoms in total. The van der Waals surface area contributed by atoms with Crippen molar-refractivity contribution in [3.8, 4) is 5.75 Å². The Balaban J connectivity index is 2.49. The summed E-state index contributed by atoms with van der Waals surface area (Å²) in [5.74, 6) is 0.229. The highest BCUT2D eigenvalue weighted by molar-refractivity contribution is 5.73. The molecule has 1 aromatic carbocycles. The summed E-state index contributed by atoms with van der Waals surface area (Å²) < 4.78 is 43.8. The van der Waals surface area contributed by atoms with E-state index < -0.39 is 16.6 Å². The third-order valence-electron chi connectivity index (χ3n) is 3.16. The Morgan fingerprint density at radius 1 is 1.38 bits per heavy atom. The average molecular weight is 303 g/mol. The Hall–Kier alpha value is -2.29. The Morgan fingerprint density at radius 3 is 2.52 bits per heavy atom. The number of halogens is 3. The first-order chi connectivity index (χ1) is 9.68. The Bertz CT molecular complexity index is 616. The molecule has 0 saturated carbocycles. The second kappa shape index (κ2) is 4.92. The first-order valence-electron chi connectivity index (χ1n) is 5.83. The fourth-order valence-electron chi connectivity index (χ4n) is 1.88. The van der Waals surface area contributed by atoms with Gasteiger partial charge >= 0.3 is 6.18 Å². The first-order valence-corrected chi connectivity index (χ1v) is 5.83. The Morgan fingerprint density at radius 2 is 2.05 bits per heavy atom. The standard InChI is InChI=1S/C12H12F3N3O3/c1-11(12(13,14)15)6-9(16-17-11)8-5-7(18(19)20)3-4-10(8)21-2/h3-6,16-17H,1-2H3. The molecule has 0 bridgehead atoms. The van der Waals surface area contributed by atoms with Crippen molar-refractivity contribution >= 4 is 11.4 Å². The molecule has 1 heterocycles. The number of nitro groups is 1. The van der Waals surface area contributed by atoms with Crippen LogP contribution in [0.3, 0.4) is 0 Å². The molecule has 114 valence electrons. The highest BCUT2D eigenvalue weighted by Crippen LogP contribution is 2.38. The molecule has 0 aromatic heterocycles. The van der Waals surface area contributed by atoms with Crippen LogP contribution in [0.4, 0.5) is 18.9 Å². The molecule has 0 spiro atoms. The van der Waals surface area contributed by atoms with Gasteiger partial charge in [-0.2, -0.15) is 13.2 Å². The lowest BCUT2D eigenvalue weighted by Gasteiger charge is -2.24. The number of hydrogen-bond acceptors (Lipinski definition) is 5. The number of benzene rings is 1. The van der Waals surface area contributed by atoms with Crippen LogP contribution in [0, 0.1) is 10.1 Å². The van der Waals surface area contributed by atoms with Crippen LogP contribution in [0.2, 0.25) is 0 Å². The summed E-state index contributed by atoms with van der Waals surface area (Å²) in [6, 6.07) is 3.70. The van der Waals surface area contributed by atoms with Gasteiger partial charge in [0.25, 0.3) is 5.69 Å². The maximum Gasteiger partial charge on any atom is 0.411 e. The zero-order valence-corrected chi connectivity index (χ0v) is 11.1. The number of rotatable bonds is 3. The molecule has 1 aliphatic rings. The third-order valence-corrected chi connectivity index (χ3v) is 3.16. The molecule has 1 unspecified atom stereocenters. The Kier molecular flexibility index (Phi) is 3.54. The number of ether oxygens (including phenoxy) is 1. The molecule has 0 fully saturated rings. The van der Waals surface area contributed by atoms with Gasteiger partial charge in [0.05, 0.1) is 17.7 Å². The second-order valence-electron chi connectivity index (χ2n) is 4.65. The van der Waals surface area contributed by atoms with Gasteiger partial charge in [-0.15, -0.1) is 0 Å². The van der Waals surface area contributed by atoms with Crippen molar-refractivity contribution in [2.75, 3.05) is 7.11 Å². The molecule has 2 rings (SSSR count). The molecule has 1 aliphatic heterocycles. The van der Waals surface area contributed by atoms with E-state index in [1.165, 1.54) is 19.2 Å². The van der Waals surface area contributed by atoms with Gasteiger partial charge in [-0.1, -0.05) is 0 Å². The van der Waals surface area contributed by atoms with Gasteiger partial charge in [0.2, 0.25) is 0 Å². The molecule has 0 radical (unpaired) electrons. The summed E-state index contributed by atoms with van der Waals surface area (Å²) >= 11 is 0. The van der Waals surface area contributed by atoms with E-state index in [1.54, 1.807) is 0 Å². The lowest BCUT2D eigenvalue weighted by molar-refractivity contribution is -0.384. The summed E-state index contributed by atoms with van der Waals surface area (Å²) in [6.45, 7) is 0.955.